The number of benzene rings is 1. The molecule has 1 aromatic carbocycles. The summed E-state index contributed by atoms with van der Waals surface area (Å²) in [6.07, 6.45) is 0. The number of ether oxygens (including phenoxy) is 2. The van der Waals surface area contributed by atoms with E-state index in [1.807, 2.05) is 0 Å². The molecule has 0 fully saturated rings. The van der Waals surface area contributed by atoms with Gasteiger partial charge in [0.1, 0.15) is 24.5 Å². The van der Waals surface area contributed by atoms with Crippen molar-refractivity contribution in [3.8, 4) is 11.5 Å². The van der Waals surface area contributed by atoms with Crippen LogP contribution in [-0.4, -0.2) is 23.9 Å². The van der Waals surface area contributed by atoms with Crippen molar-refractivity contribution < 1.29 is 23.6 Å². The van der Waals surface area contributed by atoms with E-state index in [0.717, 1.165) is 0 Å². The fourth-order valence-corrected chi connectivity index (χ4v) is 2.10. The highest BCUT2D eigenvalue weighted by Gasteiger charge is 2.28. The fraction of sp³-hybridized carbons (Fsp3) is 0.214. The van der Waals surface area contributed by atoms with Gasteiger partial charge in [-0.2, -0.15) is 0 Å². The number of furan rings is 1. The Hall–Kier alpha value is -2.83. The Morgan fingerprint density at radius 2 is 1.86 bits per heavy atom. The molecule has 1 aromatic heterocycles. The number of carbonyl (C=O) groups excluding carboxylic acids is 1. The number of ketones is 1. The molecule has 0 bridgehead atoms. The predicted molar refractivity (Wildman–Crippen MR) is 71.0 cm³/mol. The minimum atomic E-state index is -0.624. The number of nitrogens with zero attached hydrogens (tertiary/aromatic N) is 1. The first-order valence-corrected chi connectivity index (χ1v) is 6.25. The summed E-state index contributed by atoms with van der Waals surface area (Å²) in [6, 6.07) is 5.64. The van der Waals surface area contributed by atoms with Gasteiger partial charge in [-0.05, 0) is 19.1 Å². The zero-order chi connectivity index (χ0) is 15.0. The number of fused-ring (bicyclic) bond motifs is 1. The van der Waals surface area contributed by atoms with Crippen molar-refractivity contribution in [1.29, 1.82) is 0 Å². The number of carbonyl (C=O) groups is 1. The first-order valence-electron chi connectivity index (χ1n) is 6.25. The maximum absolute atomic E-state index is 12.4. The van der Waals surface area contributed by atoms with E-state index < -0.39 is 10.7 Å². The second kappa shape index (κ2) is 4.93. The average Bonchev–Trinajstić information content (AvgIpc) is 2.91. The Bertz CT molecular complexity index is 733. The highest BCUT2D eigenvalue weighted by atomic mass is 16.6. The molecular weight excluding hydrogens is 278 g/mol. The Morgan fingerprint density at radius 3 is 2.43 bits per heavy atom. The normalized spacial score (nSPS) is 13.0. The lowest BCUT2D eigenvalue weighted by molar-refractivity contribution is -0.385. The summed E-state index contributed by atoms with van der Waals surface area (Å²) in [7, 11) is 0. The van der Waals surface area contributed by atoms with Crippen LogP contribution < -0.4 is 9.47 Å². The minimum Gasteiger partial charge on any atom is -0.486 e. The third-order valence-electron chi connectivity index (χ3n) is 3.07. The van der Waals surface area contributed by atoms with Crippen molar-refractivity contribution in [2.24, 2.45) is 0 Å². The van der Waals surface area contributed by atoms with Crippen molar-refractivity contribution >= 4 is 11.5 Å². The van der Waals surface area contributed by atoms with E-state index >= 15 is 0 Å². The molecule has 0 spiro atoms. The number of aryl methyl sites for hydroxylation is 1. The van der Waals surface area contributed by atoms with Crippen LogP contribution in [0.25, 0.3) is 0 Å². The van der Waals surface area contributed by atoms with Gasteiger partial charge in [0.2, 0.25) is 5.78 Å². The van der Waals surface area contributed by atoms with Crippen molar-refractivity contribution in [2.75, 3.05) is 13.2 Å². The maximum atomic E-state index is 12.4. The molecule has 3 rings (SSSR count). The summed E-state index contributed by atoms with van der Waals surface area (Å²) in [4.78, 5) is 22.9. The van der Waals surface area contributed by atoms with Crippen LogP contribution >= 0.6 is 0 Å². The van der Waals surface area contributed by atoms with Gasteiger partial charge in [-0.15, -0.1) is 0 Å². The molecule has 2 heterocycles. The molecule has 0 atom stereocenters. The SMILES string of the molecule is Cc1ccc(C(=O)c2cc3c(cc2[N+](=O)[O-])OCCO3)o1. The zero-order valence-electron chi connectivity index (χ0n) is 11.1. The van der Waals surface area contributed by atoms with Crippen LogP contribution in [0.3, 0.4) is 0 Å². The van der Waals surface area contributed by atoms with Crippen LogP contribution in [-0.2, 0) is 0 Å². The molecule has 0 aliphatic carbocycles. The summed E-state index contributed by atoms with van der Waals surface area (Å²) >= 11 is 0. The number of rotatable bonds is 3. The van der Waals surface area contributed by atoms with E-state index in [4.69, 9.17) is 13.9 Å². The lowest BCUT2D eigenvalue weighted by Gasteiger charge is -2.18. The van der Waals surface area contributed by atoms with Gasteiger partial charge >= 0.3 is 0 Å². The third-order valence-corrected chi connectivity index (χ3v) is 3.07. The quantitative estimate of drug-likeness (QED) is 0.489. The van der Waals surface area contributed by atoms with E-state index in [2.05, 4.69) is 0 Å². The van der Waals surface area contributed by atoms with Gasteiger partial charge in [-0.1, -0.05) is 0 Å². The van der Waals surface area contributed by atoms with Crippen molar-refractivity contribution in [3.05, 3.63) is 51.5 Å². The van der Waals surface area contributed by atoms with Crippen LogP contribution in [0.2, 0.25) is 0 Å². The first-order chi connectivity index (χ1) is 10.1. The van der Waals surface area contributed by atoms with E-state index in [1.54, 1.807) is 13.0 Å². The van der Waals surface area contributed by atoms with Gasteiger partial charge in [0.05, 0.1) is 11.0 Å². The number of nitro benzene ring substituents is 1. The first kappa shape index (κ1) is 13.2. The van der Waals surface area contributed by atoms with Gasteiger partial charge in [0.15, 0.2) is 17.3 Å². The van der Waals surface area contributed by atoms with E-state index in [9.17, 15) is 14.9 Å². The summed E-state index contributed by atoms with van der Waals surface area (Å²) in [5.74, 6) is 0.621. The molecule has 0 saturated carbocycles. The number of hydrogen-bond donors (Lipinski definition) is 0. The van der Waals surface area contributed by atoms with Crippen LogP contribution in [0.1, 0.15) is 21.9 Å². The standard InChI is InChI=1S/C14H11NO6/c1-8-2-3-11(21-8)14(16)9-6-12-13(20-5-4-19-12)7-10(9)15(17)18/h2-3,6-7H,4-5H2,1H3. The number of nitro groups is 1. The molecule has 0 radical (unpaired) electrons. The van der Waals surface area contributed by atoms with Crippen LogP contribution in [0.5, 0.6) is 11.5 Å². The topological polar surface area (TPSA) is 91.8 Å². The smallest absolute Gasteiger partial charge is 0.284 e. The summed E-state index contributed by atoms with van der Waals surface area (Å²) in [6.45, 7) is 2.34. The molecule has 7 heteroatoms. The second-order valence-corrected chi connectivity index (χ2v) is 4.51. The second-order valence-electron chi connectivity index (χ2n) is 4.51. The van der Waals surface area contributed by atoms with Crippen molar-refractivity contribution in [3.63, 3.8) is 0 Å². The van der Waals surface area contributed by atoms with Gasteiger partial charge in [-0.25, -0.2) is 0 Å². The molecule has 2 aromatic rings. The Labute approximate surface area is 119 Å². The zero-order valence-corrected chi connectivity index (χ0v) is 11.1. The monoisotopic (exact) mass is 289 g/mol. The third kappa shape index (κ3) is 2.33. The summed E-state index contributed by atoms with van der Waals surface area (Å²) in [5.41, 5.74) is -0.420. The molecule has 1 aliphatic heterocycles. The summed E-state index contributed by atoms with van der Waals surface area (Å²) in [5, 5.41) is 11.2. The molecule has 108 valence electrons. The highest BCUT2D eigenvalue weighted by molar-refractivity contribution is 6.10. The van der Waals surface area contributed by atoms with Crippen molar-refractivity contribution in [2.45, 2.75) is 6.92 Å². The molecule has 0 saturated heterocycles. The van der Waals surface area contributed by atoms with E-state index in [0.29, 0.717) is 24.7 Å². The van der Waals surface area contributed by atoms with E-state index in [-0.39, 0.29) is 22.8 Å². The van der Waals surface area contributed by atoms with Gasteiger partial charge in [-0.3, -0.25) is 14.9 Å². The lowest BCUT2D eigenvalue weighted by Crippen LogP contribution is -2.16. The number of hydrogen-bond acceptors (Lipinski definition) is 6. The largest absolute Gasteiger partial charge is 0.486 e. The van der Waals surface area contributed by atoms with Crippen molar-refractivity contribution in [1.82, 2.24) is 0 Å². The lowest BCUT2D eigenvalue weighted by atomic mass is 10.1. The molecule has 0 unspecified atom stereocenters. The molecule has 0 N–H and O–H groups in total. The van der Waals surface area contributed by atoms with Crippen LogP contribution in [0, 0.1) is 17.0 Å². The van der Waals surface area contributed by atoms with E-state index in [1.165, 1.54) is 18.2 Å². The minimum absolute atomic E-state index is 0.0484. The fourth-order valence-electron chi connectivity index (χ4n) is 2.10. The molecule has 1 aliphatic rings. The Balaban J connectivity index is 2.11. The van der Waals surface area contributed by atoms with Gasteiger partial charge in [0.25, 0.3) is 5.69 Å². The predicted octanol–water partition coefficient (Wildman–Crippen LogP) is 2.50. The maximum Gasteiger partial charge on any atom is 0.284 e. The molecule has 21 heavy (non-hydrogen) atoms. The van der Waals surface area contributed by atoms with Gasteiger partial charge < -0.3 is 13.9 Å². The van der Waals surface area contributed by atoms with Crippen LogP contribution in [0.15, 0.2) is 28.7 Å². The summed E-state index contributed by atoms with van der Waals surface area (Å²) < 4.78 is 15.9. The molecule has 0 amide bonds. The molecular formula is C14H11NO6. The van der Waals surface area contributed by atoms with Crippen LogP contribution in [0.4, 0.5) is 5.69 Å². The Morgan fingerprint density at radius 1 is 1.19 bits per heavy atom. The highest BCUT2D eigenvalue weighted by Crippen LogP contribution is 2.37. The van der Waals surface area contributed by atoms with Gasteiger partial charge in [0, 0.05) is 6.07 Å². The molecule has 7 nitrogen and oxygen atoms in total. The Kier molecular flexibility index (Phi) is 3.09. The average molecular weight is 289 g/mol.